The van der Waals surface area contributed by atoms with Crippen LogP contribution >= 0.6 is 0 Å². The summed E-state index contributed by atoms with van der Waals surface area (Å²) < 4.78 is 31.9. The normalized spacial score (nSPS) is 13.1. The molecular formula is C19H30F2N4O2. The van der Waals surface area contributed by atoms with Crippen LogP contribution in [0.3, 0.4) is 0 Å². The summed E-state index contributed by atoms with van der Waals surface area (Å²) in [5.74, 6) is -0.728. The van der Waals surface area contributed by atoms with Gasteiger partial charge in [0, 0.05) is 38.7 Å². The Labute approximate surface area is 159 Å². The molecule has 0 aliphatic rings. The van der Waals surface area contributed by atoms with Gasteiger partial charge in [-0.25, -0.2) is 13.6 Å². The van der Waals surface area contributed by atoms with Gasteiger partial charge in [-0.05, 0) is 38.8 Å². The first-order valence-electron chi connectivity index (χ1n) is 8.98. The highest BCUT2D eigenvalue weighted by atomic mass is 19.1. The highest BCUT2D eigenvalue weighted by Gasteiger charge is 2.15. The number of alkyl carbamates (subject to hydrolysis) is 1. The van der Waals surface area contributed by atoms with Crippen LogP contribution in [0.1, 0.15) is 45.6 Å². The van der Waals surface area contributed by atoms with Crippen molar-refractivity contribution in [3.63, 3.8) is 0 Å². The van der Waals surface area contributed by atoms with Gasteiger partial charge in [0.15, 0.2) is 5.96 Å². The number of carbonyl (C=O) groups is 1. The van der Waals surface area contributed by atoms with E-state index in [2.05, 4.69) is 20.9 Å². The molecule has 0 heterocycles. The molecule has 0 aliphatic carbocycles. The third-order valence-corrected chi connectivity index (χ3v) is 3.61. The predicted molar refractivity (Wildman–Crippen MR) is 103 cm³/mol. The lowest BCUT2D eigenvalue weighted by atomic mass is 10.0. The number of carbonyl (C=O) groups excluding carboxylic acids is 1. The fraction of sp³-hybridized carbons (Fsp3) is 0.579. The van der Waals surface area contributed by atoms with E-state index >= 15 is 0 Å². The average molecular weight is 384 g/mol. The number of aliphatic imine (C=N–C) groups is 1. The number of ether oxygens (including phenoxy) is 1. The highest BCUT2D eigenvalue weighted by molar-refractivity contribution is 5.79. The molecule has 1 aromatic rings. The smallest absolute Gasteiger partial charge is 0.407 e. The summed E-state index contributed by atoms with van der Waals surface area (Å²) in [7, 11) is 1.64. The summed E-state index contributed by atoms with van der Waals surface area (Å²) in [6.07, 6.45) is 0.238. The van der Waals surface area contributed by atoms with E-state index in [4.69, 9.17) is 4.74 Å². The lowest BCUT2D eigenvalue weighted by Crippen LogP contribution is -2.40. The molecule has 1 amide bonds. The second-order valence-corrected chi connectivity index (χ2v) is 7.23. The molecule has 1 atom stereocenters. The topological polar surface area (TPSA) is 74.8 Å². The fourth-order valence-corrected chi connectivity index (χ4v) is 2.28. The summed E-state index contributed by atoms with van der Waals surface area (Å²) in [4.78, 5) is 15.6. The third kappa shape index (κ3) is 9.21. The first-order valence-corrected chi connectivity index (χ1v) is 8.98. The molecule has 6 nitrogen and oxygen atoms in total. The van der Waals surface area contributed by atoms with Gasteiger partial charge in [0.1, 0.15) is 17.2 Å². The van der Waals surface area contributed by atoms with E-state index in [-0.39, 0.29) is 5.92 Å². The quantitative estimate of drug-likeness (QED) is 0.384. The van der Waals surface area contributed by atoms with E-state index in [0.29, 0.717) is 37.6 Å². The van der Waals surface area contributed by atoms with Crippen molar-refractivity contribution in [1.29, 1.82) is 0 Å². The first-order chi connectivity index (χ1) is 12.6. The van der Waals surface area contributed by atoms with Gasteiger partial charge in [-0.2, -0.15) is 0 Å². The van der Waals surface area contributed by atoms with Crippen molar-refractivity contribution >= 4 is 12.1 Å². The van der Waals surface area contributed by atoms with Gasteiger partial charge in [-0.1, -0.05) is 13.0 Å². The summed E-state index contributed by atoms with van der Waals surface area (Å²) in [6.45, 7) is 8.78. The molecule has 1 unspecified atom stereocenters. The van der Waals surface area contributed by atoms with Gasteiger partial charge in [-0.3, -0.25) is 4.99 Å². The lowest BCUT2D eigenvalue weighted by Gasteiger charge is -2.20. The summed E-state index contributed by atoms with van der Waals surface area (Å²) >= 11 is 0. The van der Waals surface area contributed by atoms with Crippen LogP contribution in [0.4, 0.5) is 13.6 Å². The molecule has 0 aliphatic heterocycles. The molecule has 1 rings (SSSR count). The van der Waals surface area contributed by atoms with Gasteiger partial charge in [0.25, 0.3) is 0 Å². The molecule has 152 valence electrons. The summed E-state index contributed by atoms with van der Waals surface area (Å²) in [5.41, 5.74) is -0.0736. The van der Waals surface area contributed by atoms with Crippen LogP contribution in [0.5, 0.6) is 0 Å². The minimum absolute atomic E-state index is 0.155. The van der Waals surface area contributed by atoms with Gasteiger partial charge in [0.2, 0.25) is 0 Å². The number of guanidine groups is 1. The molecule has 27 heavy (non-hydrogen) atoms. The van der Waals surface area contributed by atoms with Crippen LogP contribution in [-0.2, 0) is 4.74 Å². The summed E-state index contributed by atoms with van der Waals surface area (Å²) in [6, 6.07) is 3.59. The molecule has 0 saturated carbocycles. The zero-order chi connectivity index (χ0) is 20.4. The van der Waals surface area contributed by atoms with Crippen LogP contribution in [0.25, 0.3) is 0 Å². The van der Waals surface area contributed by atoms with E-state index in [1.807, 2.05) is 27.7 Å². The maximum Gasteiger partial charge on any atom is 0.407 e. The van der Waals surface area contributed by atoms with Crippen molar-refractivity contribution in [2.45, 2.75) is 45.6 Å². The lowest BCUT2D eigenvalue weighted by molar-refractivity contribution is 0.0527. The molecule has 0 fully saturated rings. The number of nitrogens with one attached hydrogen (secondary N) is 3. The second-order valence-electron chi connectivity index (χ2n) is 7.23. The van der Waals surface area contributed by atoms with E-state index in [0.717, 1.165) is 6.07 Å². The molecule has 1 aromatic carbocycles. The molecule has 0 radical (unpaired) electrons. The third-order valence-electron chi connectivity index (χ3n) is 3.61. The molecular weight excluding hydrogens is 354 g/mol. The van der Waals surface area contributed by atoms with Crippen LogP contribution in [-0.4, -0.2) is 44.3 Å². The van der Waals surface area contributed by atoms with Gasteiger partial charge >= 0.3 is 6.09 Å². The summed E-state index contributed by atoms with van der Waals surface area (Å²) in [5, 5.41) is 8.90. The largest absolute Gasteiger partial charge is 0.444 e. The highest BCUT2D eigenvalue weighted by Crippen LogP contribution is 2.19. The average Bonchev–Trinajstić information content (AvgIpc) is 2.55. The van der Waals surface area contributed by atoms with Gasteiger partial charge in [0.05, 0.1) is 0 Å². The fourth-order valence-electron chi connectivity index (χ4n) is 2.28. The minimum atomic E-state index is -0.589. The number of hydrogen-bond donors (Lipinski definition) is 3. The monoisotopic (exact) mass is 384 g/mol. The van der Waals surface area contributed by atoms with Crippen molar-refractivity contribution in [3.05, 3.63) is 35.4 Å². The van der Waals surface area contributed by atoms with E-state index < -0.39 is 23.3 Å². The Kier molecular flexibility index (Phi) is 8.97. The second kappa shape index (κ2) is 10.7. The molecule has 8 heteroatoms. The van der Waals surface area contributed by atoms with Crippen LogP contribution in [0.15, 0.2) is 23.2 Å². The first kappa shape index (κ1) is 22.7. The number of hydrogen-bond acceptors (Lipinski definition) is 3. The number of halogens is 2. The van der Waals surface area contributed by atoms with Gasteiger partial charge in [-0.15, -0.1) is 0 Å². The standard InChI is InChI=1S/C19H30F2N4O2/c1-13(15-8-7-14(20)11-16(15)21)12-25-17(22-5)23-9-6-10-24-18(26)27-19(2,3)4/h7-8,11,13H,6,9-10,12H2,1-5H3,(H,24,26)(H2,22,23,25). The molecule has 0 saturated heterocycles. The maximum absolute atomic E-state index is 13.8. The zero-order valence-electron chi connectivity index (χ0n) is 16.7. The van der Waals surface area contributed by atoms with Crippen molar-refractivity contribution in [2.24, 2.45) is 4.99 Å². The van der Waals surface area contributed by atoms with Gasteiger partial charge < -0.3 is 20.7 Å². The Bertz CT molecular complexity index is 645. The van der Waals surface area contributed by atoms with Crippen molar-refractivity contribution < 1.29 is 18.3 Å². The SMILES string of the molecule is CN=C(NCCCNC(=O)OC(C)(C)C)NCC(C)c1ccc(F)cc1F. The Morgan fingerprint density at radius 1 is 1.19 bits per heavy atom. The van der Waals surface area contributed by atoms with Crippen LogP contribution in [0.2, 0.25) is 0 Å². The number of rotatable bonds is 7. The van der Waals surface area contributed by atoms with Crippen LogP contribution < -0.4 is 16.0 Å². The molecule has 0 spiro atoms. The Balaban J connectivity index is 2.29. The van der Waals surface area contributed by atoms with Crippen molar-refractivity contribution in [2.75, 3.05) is 26.7 Å². The predicted octanol–water partition coefficient (Wildman–Crippen LogP) is 3.15. The van der Waals surface area contributed by atoms with E-state index in [1.165, 1.54) is 12.1 Å². The van der Waals surface area contributed by atoms with Crippen molar-refractivity contribution in [1.82, 2.24) is 16.0 Å². The van der Waals surface area contributed by atoms with E-state index in [1.54, 1.807) is 7.05 Å². The van der Waals surface area contributed by atoms with E-state index in [9.17, 15) is 13.6 Å². The number of benzene rings is 1. The number of amides is 1. The van der Waals surface area contributed by atoms with Crippen molar-refractivity contribution in [3.8, 4) is 0 Å². The van der Waals surface area contributed by atoms with Crippen LogP contribution in [0, 0.1) is 11.6 Å². The minimum Gasteiger partial charge on any atom is -0.444 e. The molecule has 3 N–H and O–H groups in total. The molecule has 0 bridgehead atoms. The number of nitrogens with zero attached hydrogens (tertiary/aromatic N) is 1. The Morgan fingerprint density at radius 2 is 1.85 bits per heavy atom. The Hall–Kier alpha value is -2.38. The Morgan fingerprint density at radius 3 is 2.44 bits per heavy atom. The maximum atomic E-state index is 13.8. The molecule has 0 aromatic heterocycles. The zero-order valence-corrected chi connectivity index (χ0v) is 16.7.